The number of imide groups is 1. The fraction of sp³-hybridized carbons (Fsp3) is 0.758. The molecule has 0 radical (unpaired) electrons. The zero-order valence-electron chi connectivity index (χ0n) is 27.0. The first-order chi connectivity index (χ1) is 20.6. The van der Waals surface area contributed by atoms with Gasteiger partial charge in [0.15, 0.2) is 0 Å². The van der Waals surface area contributed by atoms with E-state index in [-0.39, 0.29) is 24.6 Å². The fourth-order valence-corrected chi connectivity index (χ4v) is 6.29. The average Bonchev–Trinajstić information content (AvgIpc) is 3.25. The molecular weight excluding hydrogens is 568 g/mol. The van der Waals surface area contributed by atoms with Gasteiger partial charge in [-0.2, -0.15) is 8.42 Å². The van der Waals surface area contributed by atoms with Crippen LogP contribution in [0.25, 0.3) is 0 Å². The number of benzene rings is 1. The third-order valence-electron chi connectivity index (χ3n) is 8.11. The molecule has 1 fully saturated rings. The third-order valence-corrected chi connectivity index (χ3v) is 9.43. The zero-order valence-corrected chi connectivity index (χ0v) is 27.8. The Kier molecular flexibility index (Phi) is 17.4. The summed E-state index contributed by atoms with van der Waals surface area (Å²) in [7, 11) is -4.00. The quantitative estimate of drug-likeness (QED) is 0.0752. The van der Waals surface area contributed by atoms with E-state index >= 15 is 0 Å². The maximum atomic E-state index is 13.1. The Morgan fingerprint density at radius 2 is 1.40 bits per heavy atom. The molecule has 0 spiro atoms. The first-order valence-corrected chi connectivity index (χ1v) is 17.9. The molecule has 1 aliphatic rings. The standard InChI is InChI=1S/C33H56N2O7S/c1-5-7-8-9-10-11-12-13-14-15-16-17-18-19-30(28(4)36)42-32(6-2)35-26-31(37)34(33(35)38)24-25-41-43(39,40)29-22-20-27(3)21-23-29/h20-23,28,30,32,36H,5-19,24-26H2,1-4H3. The van der Waals surface area contributed by atoms with E-state index in [1.165, 1.54) is 81.2 Å². The van der Waals surface area contributed by atoms with Crippen LogP contribution in [-0.2, 0) is 23.8 Å². The second kappa shape index (κ2) is 20.1. The molecule has 3 unspecified atom stereocenters. The van der Waals surface area contributed by atoms with Crippen molar-refractivity contribution in [3.05, 3.63) is 29.8 Å². The first kappa shape index (κ1) is 37.2. The van der Waals surface area contributed by atoms with Gasteiger partial charge in [0.1, 0.15) is 12.8 Å². The van der Waals surface area contributed by atoms with E-state index in [1.807, 2.05) is 13.8 Å². The number of hydrogen-bond acceptors (Lipinski definition) is 7. The molecule has 0 aliphatic carbocycles. The van der Waals surface area contributed by atoms with E-state index in [2.05, 4.69) is 6.92 Å². The zero-order chi connectivity index (χ0) is 31.7. The second-order valence-electron chi connectivity index (χ2n) is 11.9. The summed E-state index contributed by atoms with van der Waals surface area (Å²) in [6, 6.07) is 5.72. The second-order valence-corrected chi connectivity index (χ2v) is 13.5. The summed E-state index contributed by atoms with van der Waals surface area (Å²) in [5, 5.41) is 10.4. The predicted octanol–water partition coefficient (Wildman–Crippen LogP) is 6.95. The molecule has 2 rings (SSSR count). The van der Waals surface area contributed by atoms with Crippen molar-refractivity contribution in [3.63, 3.8) is 0 Å². The van der Waals surface area contributed by atoms with Gasteiger partial charge in [0, 0.05) is 0 Å². The summed E-state index contributed by atoms with van der Waals surface area (Å²) in [6.07, 6.45) is 15.7. The Labute approximate surface area is 260 Å². The molecule has 246 valence electrons. The van der Waals surface area contributed by atoms with Gasteiger partial charge in [0.2, 0.25) is 5.91 Å². The average molecular weight is 625 g/mol. The number of urea groups is 1. The molecule has 1 saturated heterocycles. The van der Waals surface area contributed by atoms with Crippen LogP contribution >= 0.6 is 0 Å². The van der Waals surface area contributed by atoms with Crippen LogP contribution in [-0.4, -0.2) is 73.4 Å². The molecule has 1 aromatic carbocycles. The number of aryl methyl sites for hydroxylation is 1. The molecule has 1 aliphatic heterocycles. The van der Waals surface area contributed by atoms with Crippen LogP contribution in [0.4, 0.5) is 4.79 Å². The van der Waals surface area contributed by atoms with Crippen LogP contribution in [0.5, 0.6) is 0 Å². The van der Waals surface area contributed by atoms with E-state index in [1.54, 1.807) is 19.1 Å². The lowest BCUT2D eigenvalue weighted by Crippen LogP contribution is -2.44. The van der Waals surface area contributed by atoms with Gasteiger partial charge < -0.3 is 9.84 Å². The molecule has 1 aromatic rings. The van der Waals surface area contributed by atoms with Gasteiger partial charge in [0.25, 0.3) is 10.1 Å². The van der Waals surface area contributed by atoms with Gasteiger partial charge in [-0.25, -0.2) is 4.79 Å². The number of rotatable bonds is 24. The molecule has 0 saturated carbocycles. The number of unbranched alkanes of at least 4 members (excludes halogenated alkanes) is 12. The summed E-state index contributed by atoms with van der Waals surface area (Å²) >= 11 is 0. The van der Waals surface area contributed by atoms with Crippen molar-refractivity contribution in [2.75, 3.05) is 19.7 Å². The maximum absolute atomic E-state index is 13.1. The van der Waals surface area contributed by atoms with Crippen LogP contribution < -0.4 is 0 Å². The molecule has 10 heteroatoms. The van der Waals surface area contributed by atoms with Crippen LogP contribution in [0, 0.1) is 6.92 Å². The number of aliphatic hydroxyl groups excluding tert-OH is 1. The fourth-order valence-electron chi connectivity index (χ4n) is 5.40. The van der Waals surface area contributed by atoms with Crippen molar-refractivity contribution < 1.29 is 32.0 Å². The molecule has 1 N–H and O–H groups in total. The van der Waals surface area contributed by atoms with Crippen LogP contribution in [0.2, 0.25) is 0 Å². The molecule has 0 bridgehead atoms. The van der Waals surface area contributed by atoms with Crippen molar-refractivity contribution in [3.8, 4) is 0 Å². The maximum Gasteiger partial charge on any atom is 0.329 e. The normalized spacial score (nSPS) is 16.2. The lowest BCUT2D eigenvalue weighted by molar-refractivity contribution is -0.130. The number of carbonyl (C=O) groups is 2. The van der Waals surface area contributed by atoms with Gasteiger partial charge in [-0.05, 0) is 38.8 Å². The molecule has 1 heterocycles. The molecular formula is C33H56N2O7S. The van der Waals surface area contributed by atoms with Crippen LogP contribution in [0.3, 0.4) is 0 Å². The molecule has 43 heavy (non-hydrogen) atoms. The summed E-state index contributed by atoms with van der Waals surface area (Å²) in [6.45, 7) is 6.97. The SMILES string of the molecule is CCCCCCCCCCCCCCCC(OC(CC)N1CC(=O)N(CCOS(=O)(=O)c2ccc(C)cc2)C1=O)C(C)O. The molecule has 3 atom stereocenters. The molecule has 3 amide bonds. The van der Waals surface area contributed by atoms with Crippen LogP contribution in [0.1, 0.15) is 123 Å². The number of aliphatic hydroxyl groups is 1. The number of nitrogens with zero attached hydrogens (tertiary/aromatic N) is 2. The highest BCUT2D eigenvalue weighted by Gasteiger charge is 2.40. The van der Waals surface area contributed by atoms with E-state index in [9.17, 15) is 23.1 Å². The Morgan fingerprint density at radius 3 is 1.91 bits per heavy atom. The minimum Gasteiger partial charge on any atom is -0.391 e. The number of ether oxygens (including phenoxy) is 1. The lowest BCUT2D eigenvalue weighted by Gasteiger charge is -2.31. The van der Waals surface area contributed by atoms with Crippen molar-refractivity contribution >= 4 is 22.1 Å². The summed E-state index contributed by atoms with van der Waals surface area (Å²) < 4.78 is 36.2. The van der Waals surface area contributed by atoms with Crippen molar-refractivity contribution in [2.45, 2.75) is 147 Å². The van der Waals surface area contributed by atoms with Gasteiger partial charge in [0.05, 0.1) is 30.3 Å². The molecule has 9 nitrogen and oxygen atoms in total. The summed E-state index contributed by atoms with van der Waals surface area (Å²) in [5.74, 6) is -0.437. The summed E-state index contributed by atoms with van der Waals surface area (Å²) in [4.78, 5) is 28.1. The van der Waals surface area contributed by atoms with E-state index in [0.717, 1.165) is 29.7 Å². The third kappa shape index (κ3) is 13.3. The topological polar surface area (TPSA) is 113 Å². The van der Waals surface area contributed by atoms with Crippen LogP contribution in [0.15, 0.2) is 29.2 Å². The highest BCUT2D eigenvalue weighted by Crippen LogP contribution is 2.22. The van der Waals surface area contributed by atoms with Gasteiger partial charge >= 0.3 is 6.03 Å². The Bertz CT molecular complexity index is 1050. The molecule has 0 aromatic heterocycles. The Hall–Kier alpha value is -2.01. The number of hydrogen-bond donors (Lipinski definition) is 1. The summed E-state index contributed by atoms with van der Waals surface area (Å²) in [5.41, 5.74) is 0.919. The van der Waals surface area contributed by atoms with E-state index in [4.69, 9.17) is 8.92 Å². The highest BCUT2D eigenvalue weighted by atomic mass is 32.2. The minimum atomic E-state index is -4.00. The van der Waals surface area contributed by atoms with E-state index < -0.39 is 40.5 Å². The van der Waals surface area contributed by atoms with E-state index in [0.29, 0.717) is 12.8 Å². The number of amides is 3. The predicted molar refractivity (Wildman–Crippen MR) is 169 cm³/mol. The number of carbonyl (C=O) groups excluding carboxylic acids is 2. The van der Waals surface area contributed by atoms with Crippen molar-refractivity contribution in [1.82, 2.24) is 9.80 Å². The van der Waals surface area contributed by atoms with Crippen molar-refractivity contribution in [1.29, 1.82) is 0 Å². The lowest BCUT2D eigenvalue weighted by atomic mass is 10.0. The highest BCUT2D eigenvalue weighted by molar-refractivity contribution is 7.86. The Morgan fingerprint density at radius 1 is 0.860 bits per heavy atom. The van der Waals surface area contributed by atoms with Gasteiger partial charge in [-0.1, -0.05) is 115 Å². The Balaban J connectivity index is 1.72. The largest absolute Gasteiger partial charge is 0.391 e. The monoisotopic (exact) mass is 624 g/mol. The van der Waals surface area contributed by atoms with Crippen molar-refractivity contribution in [2.24, 2.45) is 0 Å². The first-order valence-electron chi connectivity index (χ1n) is 16.5. The van der Waals surface area contributed by atoms with Gasteiger partial charge in [-0.3, -0.25) is 18.8 Å². The minimum absolute atomic E-state index is 0.0194. The smallest absolute Gasteiger partial charge is 0.329 e. The van der Waals surface area contributed by atoms with Gasteiger partial charge in [-0.15, -0.1) is 0 Å².